The maximum Gasteiger partial charge on any atom is 0.410 e. The lowest BCUT2D eigenvalue weighted by molar-refractivity contribution is 0.00583. The lowest BCUT2D eigenvalue weighted by Gasteiger charge is -2.43. The molecule has 1 saturated carbocycles. The molecule has 0 aromatic rings. The standard InChI is InChI=1S/C19H36N2O4S/c1-17(2,3)25-16(22)21-10-8-19(9-11-21)13-14(24-7)12-15(19)20-26(23)18(4,5)6/h14-15,20H,8-13H2,1-7H3. The van der Waals surface area contributed by atoms with Crippen LogP contribution in [0, 0.1) is 5.41 Å². The first-order valence-corrected chi connectivity index (χ1v) is 10.7. The van der Waals surface area contributed by atoms with Gasteiger partial charge in [-0.3, -0.25) is 0 Å². The molecule has 2 rings (SSSR count). The van der Waals surface area contributed by atoms with Crippen molar-refractivity contribution in [1.29, 1.82) is 0 Å². The number of ether oxygens (including phenoxy) is 2. The topological polar surface area (TPSA) is 73.9 Å². The highest BCUT2D eigenvalue weighted by Crippen LogP contribution is 2.48. The number of piperidine rings is 1. The summed E-state index contributed by atoms with van der Waals surface area (Å²) in [5.41, 5.74) is -0.450. The first kappa shape index (κ1) is 21.8. The fourth-order valence-electron chi connectivity index (χ4n) is 3.86. The number of amides is 1. The highest BCUT2D eigenvalue weighted by Gasteiger charge is 2.52. The Morgan fingerprint density at radius 3 is 2.23 bits per heavy atom. The predicted molar refractivity (Wildman–Crippen MR) is 104 cm³/mol. The highest BCUT2D eigenvalue weighted by molar-refractivity contribution is 7.90. The molecule has 0 radical (unpaired) electrons. The van der Waals surface area contributed by atoms with E-state index in [1.54, 1.807) is 12.0 Å². The molecule has 2 aliphatic rings. The summed E-state index contributed by atoms with van der Waals surface area (Å²) in [5.74, 6) is 0. The first-order chi connectivity index (χ1) is 11.9. The average Bonchev–Trinajstić information content (AvgIpc) is 2.83. The second-order valence-electron chi connectivity index (χ2n) is 9.68. The van der Waals surface area contributed by atoms with E-state index in [2.05, 4.69) is 4.72 Å². The predicted octanol–water partition coefficient (Wildman–Crippen LogP) is 3.23. The second-order valence-corrected chi connectivity index (χ2v) is 11.7. The molecule has 1 heterocycles. The lowest BCUT2D eigenvalue weighted by Crippen LogP contribution is -2.54. The number of likely N-dealkylation sites (tertiary alicyclic amines) is 1. The Morgan fingerprint density at radius 2 is 1.77 bits per heavy atom. The Hall–Kier alpha value is -0.500. The summed E-state index contributed by atoms with van der Waals surface area (Å²) >= 11 is -1.11. The van der Waals surface area contributed by atoms with Gasteiger partial charge >= 0.3 is 6.09 Å². The van der Waals surface area contributed by atoms with Crippen LogP contribution in [0.25, 0.3) is 0 Å². The quantitative estimate of drug-likeness (QED) is 0.752. The van der Waals surface area contributed by atoms with Crippen LogP contribution in [0.3, 0.4) is 0 Å². The lowest BCUT2D eigenvalue weighted by atomic mass is 9.74. The van der Waals surface area contributed by atoms with E-state index in [9.17, 15) is 9.35 Å². The van der Waals surface area contributed by atoms with Crippen molar-refractivity contribution >= 4 is 17.5 Å². The summed E-state index contributed by atoms with van der Waals surface area (Å²) in [6.45, 7) is 13.0. The van der Waals surface area contributed by atoms with E-state index in [1.807, 2.05) is 41.5 Å². The van der Waals surface area contributed by atoms with Crippen LogP contribution in [0.4, 0.5) is 4.79 Å². The molecule has 0 bridgehead atoms. The molecule has 1 aliphatic carbocycles. The van der Waals surface area contributed by atoms with E-state index in [0.29, 0.717) is 13.1 Å². The fraction of sp³-hybridized carbons (Fsp3) is 0.947. The van der Waals surface area contributed by atoms with E-state index in [1.165, 1.54) is 0 Å². The molecule has 1 amide bonds. The van der Waals surface area contributed by atoms with Crippen molar-refractivity contribution in [2.24, 2.45) is 5.41 Å². The van der Waals surface area contributed by atoms with Crippen LogP contribution in [0.15, 0.2) is 0 Å². The molecule has 1 N–H and O–H groups in total. The normalized spacial score (nSPS) is 27.6. The number of hydrogen-bond donors (Lipinski definition) is 1. The molecule has 1 aliphatic heterocycles. The first-order valence-electron chi connectivity index (χ1n) is 9.55. The Kier molecular flexibility index (Phi) is 6.59. The molecule has 1 spiro atoms. The van der Waals surface area contributed by atoms with Crippen LogP contribution >= 0.6 is 0 Å². The van der Waals surface area contributed by atoms with Crippen LogP contribution in [-0.2, 0) is 20.8 Å². The third kappa shape index (κ3) is 5.27. The highest BCUT2D eigenvalue weighted by atomic mass is 32.2. The van der Waals surface area contributed by atoms with Gasteiger partial charge in [0.15, 0.2) is 0 Å². The van der Waals surface area contributed by atoms with E-state index >= 15 is 0 Å². The second kappa shape index (κ2) is 7.86. The Bertz CT molecular complexity index is 493. The molecule has 1 saturated heterocycles. The molecule has 6 nitrogen and oxygen atoms in total. The molecule has 2 fully saturated rings. The van der Waals surface area contributed by atoms with Gasteiger partial charge < -0.3 is 18.9 Å². The zero-order valence-corrected chi connectivity index (χ0v) is 18.2. The number of rotatable bonds is 3. The summed E-state index contributed by atoms with van der Waals surface area (Å²) in [7, 11) is 1.75. The molecular weight excluding hydrogens is 352 g/mol. The van der Waals surface area contributed by atoms with Gasteiger partial charge in [-0.1, -0.05) is 0 Å². The van der Waals surface area contributed by atoms with Crippen molar-refractivity contribution in [1.82, 2.24) is 9.62 Å². The Balaban J connectivity index is 2.04. The molecule has 3 unspecified atom stereocenters. The minimum Gasteiger partial charge on any atom is -0.598 e. The van der Waals surface area contributed by atoms with Crippen molar-refractivity contribution in [3.8, 4) is 0 Å². The number of nitrogens with zero attached hydrogens (tertiary/aromatic N) is 1. The third-order valence-electron chi connectivity index (χ3n) is 5.42. The number of methoxy groups -OCH3 is 1. The Morgan fingerprint density at radius 1 is 1.19 bits per heavy atom. The summed E-state index contributed by atoms with van der Waals surface area (Å²) < 4.78 is 26.9. The molecular formula is C19H36N2O4S. The van der Waals surface area contributed by atoms with E-state index in [0.717, 1.165) is 25.7 Å². The molecule has 152 valence electrons. The summed E-state index contributed by atoms with van der Waals surface area (Å²) in [5, 5.41) is 0. The van der Waals surface area contributed by atoms with Gasteiger partial charge in [-0.15, -0.1) is 4.72 Å². The molecule has 3 atom stereocenters. The summed E-state index contributed by atoms with van der Waals surface area (Å²) in [6.07, 6.45) is 3.51. The van der Waals surface area contributed by atoms with Gasteiger partial charge in [0.2, 0.25) is 0 Å². The minimum absolute atomic E-state index is 0.0279. The maximum atomic E-state index is 12.6. The van der Waals surface area contributed by atoms with Gasteiger partial charge in [0.1, 0.15) is 10.3 Å². The number of carbonyl (C=O) groups excluding carboxylic acids is 1. The molecule has 0 aromatic heterocycles. The molecule has 26 heavy (non-hydrogen) atoms. The van der Waals surface area contributed by atoms with Crippen LogP contribution in [-0.4, -0.2) is 58.2 Å². The van der Waals surface area contributed by atoms with Crippen molar-refractivity contribution in [3.63, 3.8) is 0 Å². The van der Waals surface area contributed by atoms with Gasteiger partial charge in [-0.2, -0.15) is 0 Å². The number of nitrogens with one attached hydrogen (secondary N) is 1. The maximum absolute atomic E-state index is 12.6. The van der Waals surface area contributed by atoms with E-state index in [4.69, 9.17) is 9.47 Å². The average molecular weight is 389 g/mol. The van der Waals surface area contributed by atoms with Gasteiger partial charge in [-0.05, 0) is 72.6 Å². The number of hydrogen-bond acceptors (Lipinski definition) is 5. The smallest absolute Gasteiger partial charge is 0.410 e. The van der Waals surface area contributed by atoms with Gasteiger partial charge in [0.05, 0.1) is 12.1 Å². The van der Waals surface area contributed by atoms with Gasteiger partial charge in [0, 0.05) is 31.6 Å². The van der Waals surface area contributed by atoms with Crippen molar-refractivity contribution in [3.05, 3.63) is 0 Å². The summed E-state index contributed by atoms with van der Waals surface area (Å²) in [6, 6.07) is 0.147. The largest absolute Gasteiger partial charge is 0.598 e. The fourth-order valence-corrected chi connectivity index (χ4v) is 4.82. The van der Waals surface area contributed by atoms with Crippen LogP contribution in [0.2, 0.25) is 0 Å². The molecule has 0 aromatic carbocycles. The van der Waals surface area contributed by atoms with E-state index < -0.39 is 17.0 Å². The van der Waals surface area contributed by atoms with Crippen LogP contribution in [0.1, 0.15) is 67.2 Å². The third-order valence-corrected chi connectivity index (χ3v) is 7.03. The van der Waals surface area contributed by atoms with Crippen molar-refractivity contribution in [2.45, 2.75) is 89.7 Å². The van der Waals surface area contributed by atoms with Gasteiger partial charge in [0.25, 0.3) is 0 Å². The SMILES string of the molecule is COC1CC(N[S+]([O-])C(C)(C)C)C2(CCN(C(=O)OC(C)(C)C)CC2)C1. The summed E-state index contributed by atoms with van der Waals surface area (Å²) in [4.78, 5) is 14.1. The monoisotopic (exact) mass is 388 g/mol. The minimum atomic E-state index is -1.11. The van der Waals surface area contributed by atoms with Gasteiger partial charge in [-0.25, -0.2) is 4.79 Å². The Labute approximate surface area is 161 Å². The zero-order chi connectivity index (χ0) is 19.8. The number of carbonyl (C=O) groups is 1. The van der Waals surface area contributed by atoms with E-state index in [-0.39, 0.29) is 28.4 Å². The zero-order valence-electron chi connectivity index (χ0n) is 17.4. The van der Waals surface area contributed by atoms with Crippen molar-refractivity contribution < 1.29 is 18.8 Å². The van der Waals surface area contributed by atoms with Crippen molar-refractivity contribution in [2.75, 3.05) is 20.2 Å². The molecule has 7 heteroatoms. The van der Waals surface area contributed by atoms with Crippen LogP contribution in [0.5, 0.6) is 0 Å². The van der Waals surface area contributed by atoms with Crippen LogP contribution < -0.4 is 4.72 Å².